The lowest BCUT2D eigenvalue weighted by atomic mass is 9.91. The summed E-state index contributed by atoms with van der Waals surface area (Å²) in [5, 5.41) is 0. The Morgan fingerprint density at radius 1 is 0.773 bits per heavy atom. The van der Waals surface area contributed by atoms with E-state index in [0.29, 0.717) is 18.3 Å². The highest BCUT2D eigenvalue weighted by Gasteiger charge is 2.32. The van der Waals surface area contributed by atoms with Crippen LogP contribution in [0.5, 0.6) is 0 Å². The lowest BCUT2D eigenvalue weighted by Crippen LogP contribution is -2.48. The number of piperazine rings is 1. The average Bonchev–Trinajstić information content (AvgIpc) is 2.51. The number of nitrogens with zero attached hydrogens (tertiary/aromatic N) is 3. The summed E-state index contributed by atoms with van der Waals surface area (Å²) in [5.74, 6) is 0. The average molecular weight is 311 g/mol. The molecule has 0 amide bonds. The summed E-state index contributed by atoms with van der Waals surface area (Å²) in [7, 11) is 4.03. The number of likely N-dealkylation sites (tertiary alicyclic amines) is 1. The number of methoxy groups -OCH3 is 1. The Bertz CT molecular complexity index is 320. The van der Waals surface area contributed by atoms with Gasteiger partial charge in [0.05, 0.1) is 18.3 Å². The van der Waals surface area contributed by atoms with Crippen LogP contribution in [0.1, 0.15) is 25.7 Å². The number of rotatable bonds is 6. The third-order valence-electron chi connectivity index (χ3n) is 5.63. The summed E-state index contributed by atoms with van der Waals surface area (Å²) >= 11 is 0. The Kier molecular flexibility index (Phi) is 6.10. The van der Waals surface area contributed by atoms with Crippen LogP contribution in [0.25, 0.3) is 0 Å². The predicted molar refractivity (Wildman–Crippen MR) is 88.3 cm³/mol. The van der Waals surface area contributed by atoms with Gasteiger partial charge in [0, 0.05) is 59.5 Å². The second-order valence-corrected chi connectivity index (χ2v) is 7.27. The lowest BCUT2D eigenvalue weighted by molar-refractivity contribution is -0.126. The first-order valence-corrected chi connectivity index (χ1v) is 9.04. The summed E-state index contributed by atoms with van der Waals surface area (Å²) < 4.78 is 11.5. The normalized spacial score (nSPS) is 33.0. The molecule has 0 aromatic carbocycles. The SMILES string of the molecule is COC1CC(OC2CCN(CCN3CCN(C)CC3)CC2)C1. The highest BCUT2D eigenvalue weighted by atomic mass is 16.5. The van der Waals surface area contributed by atoms with Crippen molar-refractivity contribution in [2.45, 2.75) is 44.0 Å². The highest BCUT2D eigenvalue weighted by Crippen LogP contribution is 2.28. The Morgan fingerprint density at radius 3 is 1.95 bits per heavy atom. The van der Waals surface area contributed by atoms with Gasteiger partial charge in [0.15, 0.2) is 0 Å². The van der Waals surface area contributed by atoms with Crippen molar-refractivity contribution in [3.63, 3.8) is 0 Å². The Morgan fingerprint density at radius 2 is 1.36 bits per heavy atom. The Hall–Kier alpha value is -0.200. The fourth-order valence-corrected chi connectivity index (χ4v) is 3.72. The van der Waals surface area contributed by atoms with Crippen molar-refractivity contribution < 1.29 is 9.47 Å². The van der Waals surface area contributed by atoms with Crippen LogP contribution >= 0.6 is 0 Å². The molecule has 3 rings (SSSR count). The fourth-order valence-electron chi connectivity index (χ4n) is 3.72. The van der Waals surface area contributed by atoms with Crippen LogP contribution in [0.15, 0.2) is 0 Å². The molecule has 0 spiro atoms. The van der Waals surface area contributed by atoms with E-state index in [2.05, 4.69) is 21.7 Å². The van der Waals surface area contributed by atoms with E-state index in [1.165, 1.54) is 65.2 Å². The third-order valence-corrected chi connectivity index (χ3v) is 5.63. The maximum Gasteiger partial charge on any atom is 0.0628 e. The van der Waals surface area contributed by atoms with Crippen LogP contribution in [0.4, 0.5) is 0 Å². The molecule has 0 unspecified atom stereocenters. The summed E-state index contributed by atoms with van der Waals surface area (Å²) in [5.41, 5.74) is 0. The van der Waals surface area contributed by atoms with Gasteiger partial charge in [-0.2, -0.15) is 0 Å². The predicted octanol–water partition coefficient (Wildman–Crippen LogP) is 0.892. The van der Waals surface area contributed by atoms with Gasteiger partial charge in [0.2, 0.25) is 0 Å². The minimum Gasteiger partial charge on any atom is -0.381 e. The van der Waals surface area contributed by atoms with Crippen molar-refractivity contribution in [2.24, 2.45) is 0 Å². The zero-order chi connectivity index (χ0) is 15.4. The maximum absolute atomic E-state index is 6.19. The largest absolute Gasteiger partial charge is 0.381 e. The van der Waals surface area contributed by atoms with Crippen molar-refractivity contribution in [1.29, 1.82) is 0 Å². The van der Waals surface area contributed by atoms with Crippen LogP contribution in [0, 0.1) is 0 Å². The minimum atomic E-state index is 0.452. The first kappa shape index (κ1) is 16.7. The zero-order valence-electron chi connectivity index (χ0n) is 14.4. The molecule has 5 nitrogen and oxygen atoms in total. The monoisotopic (exact) mass is 311 g/mol. The molecule has 2 heterocycles. The van der Waals surface area contributed by atoms with Gasteiger partial charge in [0.25, 0.3) is 0 Å². The smallest absolute Gasteiger partial charge is 0.0628 e. The van der Waals surface area contributed by atoms with Gasteiger partial charge in [0.1, 0.15) is 0 Å². The van der Waals surface area contributed by atoms with Crippen molar-refractivity contribution in [2.75, 3.05) is 66.5 Å². The van der Waals surface area contributed by atoms with Crippen molar-refractivity contribution in [3.8, 4) is 0 Å². The summed E-state index contributed by atoms with van der Waals surface area (Å²) in [6, 6.07) is 0. The van der Waals surface area contributed by atoms with Crippen LogP contribution in [0.3, 0.4) is 0 Å². The van der Waals surface area contributed by atoms with Gasteiger partial charge in [-0.05, 0) is 32.7 Å². The molecule has 5 heteroatoms. The van der Waals surface area contributed by atoms with E-state index in [0.717, 1.165) is 12.8 Å². The number of ether oxygens (including phenoxy) is 2. The van der Waals surface area contributed by atoms with E-state index >= 15 is 0 Å². The second kappa shape index (κ2) is 8.06. The quantitative estimate of drug-likeness (QED) is 0.726. The first-order valence-electron chi connectivity index (χ1n) is 9.04. The number of hydrogen-bond donors (Lipinski definition) is 0. The van der Waals surface area contributed by atoms with Crippen molar-refractivity contribution in [1.82, 2.24) is 14.7 Å². The van der Waals surface area contributed by atoms with Crippen LogP contribution < -0.4 is 0 Å². The van der Waals surface area contributed by atoms with Gasteiger partial charge in [-0.15, -0.1) is 0 Å². The van der Waals surface area contributed by atoms with E-state index in [1.54, 1.807) is 7.11 Å². The van der Waals surface area contributed by atoms with Crippen LogP contribution in [0.2, 0.25) is 0 Å². The Balaban J connectivity index is 1.26. The topological polar surface area (TPSA) is 28.2 Å². The van der Waals surface area contributed by atoms with Crippen molar-refractivity contribution >= 4 is 0 Å². The standard InChI is InChI=1S/C17H33N3O2/c1-18-7-9-20(10-8-18)12-11-19-5-3-15(4-6-19)22-17-13-16(14-17)21-2/h15-17H,3-14H2,1-2H3. The molecule has 0 N–H and O–H groups in total. The molecule has 0 radical (unpaired) electrons. The molecule has 0 bridgehead atoms. The highest BCUT2D eigenvalue weighted by molar-refractivity contribution is 4.83. The molecular weight excluding hydrogens is 278 g/mol. The van der Waals surface area contributed by atoms with Crippen LogP contribution in [-0.4, -0.2) is 99.5 Å². The molecule has 1 aliphatic carbocycles. The van der Waals surface area contributed by atoms with E-state index in [1.807, 2.05) is 0 Å². The zero-order valence-corrected chi connectivity index (χ0v) is 14.4. The third kappa shape index (κ3) is 4.65. The molecular formula is C17H33N3O2. The van der Waals surface area contributed by atoms with E-state index in [4.69, 9.17) is 9.47 Å². The molecule has 0 atom stereocenters. The molecule has 0 aromatic heterocycles. The molecule has 22 heavy (non-hydrogen) atoms. The van der Waals surface area contributed by atoms with E-state index < -0.39 is 0 Å². The maximum atomic E-state index is 6.19. The number of likely N-dealkylation sites (N-methyl/N-ethyl adjacent to an activating group) is 1. The van der Waals surface area contributed by atoms with Crippen molar-refractivity contribution in [3.05, 3.63) is 0 Å². The second-order valence-electron chi connectivity index (χ2n) is 7.27. The summed E-state index contributed by atoms with van der Waals surface area (Å²) in [6.45, 7) is 9.79. The summed E-state index contributed by atoms with van der Waals surface area (Å²) in [4.78, 5) is 7.66. The van der Waals surface area contributed by atoms with Gasteiger partial charge in [-0.1, -0.05) is 0 Å². The lowest BCUT2D eigenvalue weighted by Gasteiger charge is -2.40. The molecule has 0 aromatic rings. The van der Waals surface area contributed by atoms with Gasteiger partial charge >= 0.3 is 0 Å². The molecule has 128 valence electrons. The minimum absolute atomic E-state index is 0.452. The molecule has 1 saturated carbocycles. The number of hydrogen-bond acceptors (Lipinski definition) is 5. The van der Waals surface area contributed by atoms with Gasteiger partial charge in [-0.25, -0.2) is 0 Å². The first-order chi connectivity index (χ1) is 10.7. The van der Waals surface area contributed by atoms with Crippen LogP contribution in [-0.2, 0) is 9.47 Å². The van der Waals surface area contributed by atoms with E-state index in [9.17, 15) is 0 Å². The summed E-state index contributed by atoms with van der Waals surface area (Å²) in [6.07, 6.45) is 6.01. The molecule has 2 saturated heterocycles. The molecule has 3 aliphatic rings. The molecule has 2 aliphatic heterocycles. The van der Waals surface area contributed by atoms with E-state index in [-0.39, 0.29) is 0 Å². The Labute approximate surface area is 135 Å². The van der Waals surface area contributed by atoms with Gasteiger partial charge < -0.3 is 19.3 Å². The fraction of sp³-hybridized carbons (Fsp3) is 1.00. The number of piperidine rings is 1. The molecule has 3 fully saturated rings. The van der Waals surface area contributed by atoms with Gasteiger partial charge in [-0.3, -0.25) is 4.90 Å².